The number of nitrogens with zero attached hydrogens (tertiary/aromatic N) is 3. The molecular weight excluding hydrogens is 368 g/mol. The molecule has 0 radical (unpaired) electrons. The summed E-state index contributed by atoms with van der Waals surface area (Å²) in [5.74, 6) is -0.906. The predicted octanol–water partition coefficient (Wildman–Crippen LogP) is 3.41. The minimum Gasteiger partial charge on any atom is -0.452 e. The summed E-state index contributed by atoms with van der Waals surface area (Å²) in [6.07, 6.45) is 0.771. The van der Waals surface area contributed by atoms with E-state index in [-0.39, 0.29) is 18.1 Å². The highest BCUT2D eigenvalue weighted by molar-refractivity contribution is 6.05. The van der Waals surface area contributed by atoms with Gasteiger partial charge in [-0.1, -0.05) is 37.3 Å². The number of nitrogens with one attached hydrogen (secondary N) is 1. The maximum atomic E-state index is 12.9. The van der Waals surface area contributed by atoms with Crippen LogP contribution in [0.3, 0.4) is 0 Å². The lowest BCUT2D eigenvalue weighted by Crippen LogP contribution is -2.44. The first-order chi connectivity index (χ1) is 13.7. The van der Waals surface area contributed by atoms with E-state index in [9.17, 15) is 9.59 Å². The van der Waals surface area contributed by atoms with Crippen LogP contribution in [0.25, 0.3) is 22.3 Å². The minimum absolute atomic E-state index is 0.332. The number of rotatable bonds is 6. The van der Waals surface area contributed by atoms with Gasteiger partial charge in [0.15, 0.2) is 12.3 Å². The van der Waals surface area contributed by atoms with Crippen molar-refractivity contribution in [1.29, 1.82) is 0 Å². The maximum Gasteiger partial charge on any atom is 0.339 e. The number of carbonyl (C=O) groups is 2. The fraction of sp³-hybridized carbons (Fsp3) is 0.364. The summed E-state index contributed by atoms with van der Waals surface area (Å²) in [5, 5.41) is 7.88. The van der Waals surface area contributed by atoms with E-state index >= 15 is 0 Å². The van der Waals surface area contributed by atoms with Gasteiger partial charge in [-0.25, -0.2) is 9.78 Å². The van der Waals surface area contributed by atoms with Crippen LogP contribution in [0.15, 0.2) is 36.4 Å². The van der Waals surface area contributed by atoms with Crippen molar-refractivity contribution in [1.82, 2.24) is 20.1 Å². The summed E-state index contributed by atoms with van der Waals surface area (Å²) in [6.45, 7) is 7.30. The van der Waals surface area contributed by atoms with E-state index in [0.717, 1.165) is 12.0 Å². The van der Waals surface area contributed by atoms with Gasteiger partial charge >= 0.3 is 5.97 Å². The number of aromatic nitrogens is 3. The summed E-state index contributed by atoms with van der Waals surface area (Å²) in [7, 11) is 1.78. The number of benzene rings is 1. The van der Waals surface area contributed by atoms with Crippen LogP contribution in [0.4, 0.5) is 0 Å². The van der Waals surface area contributed by atoms with E-state index in [0.29, 0.717) is 28.0 Å². The van der Waals surface area contributed by atoms with Gasteiger partial charge in [0, 0.05) is 18.2 Å². The Bertz CT molecular complexity index is 1050. The molecule has 0 aliphatic rings. The second-order valence-corrected chi connectivity index (χ2v) is 7.69. The summed E-state index contributed by atoms with van der Waals surface area (Å²) in [4.78, 5) is 29.7. The van der Waals surface area contributed by atoms with Crippen molar-refractivity contribution in [2.75, 3.05) is 6.61 Å². The third-order valence-corrected chi connectivity index (χ3v) is 4.95. The van der Waals surface area contributed by atoms with E-state index in [2.05, 4.69) is 15.4 Å². The quantitative estimate of drug-likeness (QED) is 0.648. The van der Waals surface area contributed by atoms with Crippen molar-refractivity contribution < 1.29 is 14.3 Å². The average Bonchev–Trinajstić information content (AvgIpc) is 2.99. The fourth-order valence-corrected chi connectivity index (χ4v) is 3.07. The molecular formula is C22H26N4O3. The normalized spacial score (nSPS) is 11.5. The molecule has 0 bridgehead atoms. The van der Waals surface area contributed by atoms with Crippen LogP contribution in [0.1, 0.15) is 43.2 Å². The average molecular weight is 394 g/mol. The lowest BCUT2D eigenvalue weighted by Gasteiger charge is -2.24. The fourth-order valence-electron chi connectivity index (χ4n) is 3.07. The SMILES string of the molecule is CCC(C)(C)NC(=O)COC(=O)c1cc(-c2ccccc2)nc2c1c(C)nn2C. The number of hydrogen-bond donors (Lipinski definition) is 1. The Morgan fingerprint density at radius 2 is 1.90 bits per heavy atom. The van der Waals surface area contributed by atoms with Gasteiger partial charge in [-0.3, -0.25) is 9.48 Å². The van der Waals surface area contributed by atoms with Gasteiger partial charge in [0.2, 0.25) is 0 Å². The highest BCUT2D eigenvalue weighted by Crippen LogP contribution is 2.27. The molecule has 0 aliphatic heterocycles. The first kappa shape index (κ1) is 20.5. The summed E-state index contributed by atoms with van der Waals surface area (Å²) in [6, 6.07) is 11.3. The van der Waals surface area contributed by atoms with Crippen molar-refractivity contribution in [3.8, 4) is 11.3 Å². The highest BCUT2D eigenvalue weighted by Gasteiger charge is 2.22. The summed E-state index contributed by atoms with van der Waals surface area (Å²) in [5.41, 5.74) is 2.79. The Hall–Kier alpha value is -3.22. The highest BCUT2D eigenvalue weighted by atomic mass is 16.5. The zero-order valence-electron chi connectivity index (χ0n) is 17.4. The van der Waals surface area contributed by atoms with Crippen LogP contribution in [0, 0.1) is 6.92 Å². The lowest BCUT2D eigenvalue weighted by molar-refractivity contribution is -0.125. The predicted molar refractivity (Wildman–Crippen MR) is 111 cm³/mol. The number of pyridine rings is 1. The molecule has 152 valence electrons. The molecule has 0 unspecified atom stereocenters. The number of carbonyl (C=O) groups excluding carboxylic acids is 2. The van der Waals surface area contributed by atoms with Gasteiger partial charge in [-0.05, 0) is 33.3 Å². The van der Waals surface area contributed by atoms with Crippen LogP contribution >= 0.6 is 0 Å². The van der Waals surface area contributed by atoms with E-state index < -0.39 is 5.97 Å². The molecule has 29 heavy (non-hydrogen) atoms. The maximum absolute atomic E-state index is 12.9. The molecule has 0 saturated carbocycles. The van der Waals surface area contributed by atoms with E-state index in [1.807, 2.05) is 58.0 Å². The molecule has 0 atom stereocenters. The van der Waals surface area contributed by atoms with Crippen molar-refractivity contribution in [3.05, 3.63) is 47.7 Å². The second-order valence-electron chi connectivity index (χ2n) is 7.69. The Morgan fingerprint density at radius 3 is 2.55 bits per heavy atom. The summed E-state index contributed by atoms with van der Waals surface area (Å²) < 4.78 is 6.97. The van der Waals surface area contributed by atoms with Gasteiger partial charge < -0.3 is 10.1 Å². The zero-order valence-corrected chi connectivity index (χ0v) is 17.4. The van der Waals surface area contributed by atoms with E-state index in [1.165, 1.54) is 0 Å². The molecule has 0 spiro atoms. The Balaban J connectivity index is 1.93. The number of amides is 1. The first-order valence-corrected chi connectivity index (χ1v) is 9.59. The number of ether oxygens (including phenoxy) is 1. The smallest absolute Gasteiger partial charge is 0.339 e. The first-order valence-electron chi connectivity index (χ1n) is 9.59. The van der Waals surface area contributed by atoms with Crippen LogP contribution in [0.5, 0.6) is 0 Å². The molecule has 0 aliphatic carbocycles. The molecule has 2 aromatic heterocycles. The van der Waals surface area contributed by atoms with Gasteiger partial charge in [0.1, 0.15) is 0 Å². The Kier molecular flexibility index (Phi) is 5.68. The lowest BCUT2D eigenvalue weighted by atomic mass is 10.0. The van der Waals surface area contributed by atoms with Crippen LogP contribution in [-0.4, -0.2) is 38.8 Å². The van der Waals surface area contributed by atoms with Gasteiger partial charge in [-0.2, -0.15) is 5.10 Å². The van der Waals surface area contributed by atoms with Crippen LogP contribution < -0.4 is 5.32 Å². The van der Waals surface area contributed by atoms with Crippen molar-refractivity contribution >= 4 is 22.9 Å². The number of aryl methyl sites for hydroxylation is 2. The molecule has 7 heteroatoms. The van der Waals surface area contributed by atoms with E-state index in [1.54, 1.807) is 17.8 Å². The van der Waals surface area contributed by atoms with Gasteiger partial charge in [-0.15, -0.1) is 0 Å². The Morgan fingerprint density at radius 1 is 1.21 bits per heavy atom. The van der Waals surface area contributed by atoms with Gasteiger partial charge in [0.05, 0.1) is 22.3 Å². The minimum atomic E-state index is -0.574. The number of esters is 1. The monoisotopic (exact) mass is 394 g/mol. The van der Waals surface area contributed by atoms with E-state index in [4.69, 9.17) is 4.74 Å². The number of hydrogen-bond acceptors (Lipinski definition) is 5. The second kappa shape index (κ2) is 8.03. The molecule has 7 nitrogen and oxygen atoms in total. The topological polar surface area (TPSA) is 86.1 Å². The number of fused-ring (bicyclic) bond motifs is 1. The molecule has 3 rings (SSSR count). The summed E-state index contributed by atoms with van der Waals surface area (Å²) >= 11 is 0. The standard InChI is InChI=1S/C22H26N4O3/c1-6-22(3,4)24-18(27)13-29-21(28)16-12-17(15-10-8-7-9-11-15)23-20-19(16)14(2)25-26(20)5/h7-12H,6,13H2,1-5H3,(H,24,27). The Labute approximate surface area is 170 Å². The molecule has 0 fully saturated rings. The van der Waals surface area contributed by atoms with Crippen LogP contribution in [-0.2, 0) is 16.6 Å². The third-order valence-electron chi connectivity index (χ3n) is 4.95. The van der Waals surface area contributed by atoms with Crippen molar-refractivity contribution in [3.63, 3.8) is 0 Å². The molecule has 3 aromatic rings. The van der Waals surface area contributed by atoms with Crippen molar-refractivity contribution in [2.24, 2.45) is 7.05 Å². The largest absolute Gasteiger partial charge is 0.452 e. The van der Waals surface area contributed by atoms with Gasteiger partial charge in [0.25, 0.3) is 5.91 Å². The van der Waals surface area contributed by atoms with Crippen LogP contribution in [0.2, 0.25) is 0 Å². The molecule has 1 aromatic carbocycles. The molecule has 1 amide bonds. The molecule has 1 N–H and O–H groups in total. The zero-order chi connectivity index (χ0) is 21.2. The molecule has 0 saturated heterocycles. The van der Waals surface area contributed by atoms with Crippen molar-refractivity contribution in [2.45, 2.75) is 39.7 Å². The molecule has 2 heterocycles. The third kappa shape index (κ3) is 4.45.